The average Bonchev–Trinajstić information content (AvgIpc) is 2.61. The first kappa shape index (κ1) is 19.3. The minimum atomic E-state index is -1.02. The highest BCUT2D eigenvalue weighted by molar-refractivity contribution is 5.90. The van der Waals surface area contributed by atoms with Crippen LogP contribution in [0, 0.1) is 11.8 Å². The average molecular weight is 350 g/mol. The first-order chi connectivity index (χ1) is 12.2. The van der Waals surface area contributed by atoms with E-state index >= 15 is 0 Å². The molecule has 0 saturated carbocycles. The number of carbonyl (C=O) groups is 2. The standard InChI is InChI=1S/C22H22O4/c1-21(2,25-19(23)17-11-7-5-8-12-17)15-16-22(3,4)26-20(24)18-13-9-6-10-14-18/h5-14H,1-4H3. The Kier molecular flexibility index (Phi) is 5.84. The maximum absolute atomic E-state index is 12.2. The van der Waals surface area contributed by atoms with E-state index < -0.39 is 23.1 Å². The molecule has 0 atom stereocenters. The Morgan fingerprint density at radius 1 is 0.654 bits per heavy atom. The van der Waals surface area contributed by atoms with Crippen molar-refractivity contribution in [3.8, 4) is 11.8 Å². The van der Waals surface area contributed by atoms with Crippen molar-refractivity contribution in [3.63, 3.8) is 0 Å². The zero-order valence-corrected chi connectivity index (χ0v) is 15.4. The molecule has 4 heteroatoms. The summed E-state index contributed by atoms with van der Waals surface area (Å²) in [6, 6.07) is 17.4. The van der Waals surface area contributed by atoms with Crippen LogP contribution in [-0.2, 0) is 9.47 Å². The van der Waals surface area contributed by atoms with Crippen LogP contribution >= 0.6 is 0 Å². The lowest BCUT2D eigenvalue weighted by molar-refractivity contribution is 0.0158. The Hall–Kier alpha value is -3.06. The van der Waals surface area contributed by atoms with Crippen LogP contribution < -0.4 is 0 Å². The molecule has 0 radical (unpaired) electrons. The highest BCUT2D eigenvalue weighted by atomic mass is 16.6. The van der Waals surface area contributed by atoms with Gasteiger partial charge in [0.2, 0.25) is 0 Å². The second kappa shape index (κ2) is 7.88. The van der Waals surface area contributed by atoms with Gasteiger partial charge in [0.1, 0.15) is 0 Å². The van der Waals surface area contributed by atoms with E-state index in [0.29, 0.717) is 11.1 Å². The van der Waals surface area contributed by atoms with Crippen molar-refractivity contribution in [1.29, 1.82) is 0 Å². The van der Waals surface area contributed by atoms with Crippen molar-refractivity contribution in [2.45, 2.75) is 38.9 Å². The van der Waals surface area contributed by atoms with E-state index in [1.165, 1.54) is 0 Å². The topological polar surface area (TPSA) is 52.6 Å². The van der Waals surface area contributed by atoms with Gasteiger partial charge in [-0.3, -0.25) is 0 Å². The minimum Gasteiger partial charge on any atom is -0.443 e. The summed E-state index contributed by atoms with van der Waals surface area (Å²) in [5.41, 5.74) is -1.14. The Balaban J connectivity index is 2.05. The monoisotopic (exact) mass is 350 g/mol. The van der Waals surface area contributed by atoms with Crippen LogP contribution in [0.5, 0.6) is 0 Å². The van der Waals surface area contributed by atoms with Crippen molar-refractivity contribution >= 4 is 11.9 Å². The zero-order chi connectivity index (χ0) is 19.2. The van der Waals surface area contributed by atoms with E-state index in [9.17, 15) is 9.59 Å². The lowest BCUT2D eigenvalue weighted by Gasteiger charge is -2.22. The number of benzene rings is 2. The Bertz CT molecular complexity index is 755. The first-order valence-electron chi connectivity index (χ1n) is 8.30. The van der Waals surface area contributed by atoms with Gasteiger partial charge in [-0.1, -0.05) is 48.2 Å². The Morgan fingerprint density at radius 3 is 1.27 bits per heavy atom. The highest BCUT2D eigenvalue weighted by Gasteiger charge is 2.25. The largest absolute Gasteiger partial charge is 0.443 e. The summed E-state index contributed by atoms with van der Waals surface area (Å²) < 4.78 is 10.9. The highest BCUT2D eigenvalue weighted by Crippen LogP contribution is 2.16. The van der Waals surface area contributed by atoms with Gasteiger partial charge in [-0.05, 0) is 52.0 Å². The summed E-state index contributed by atoms with van der Waals surface area (Å²) in [6.45, 7) is 6.76. The number of carbonyl (C=O) groups excluding carboxylic acids is 2. The van der Waals surface area contributed by atoms with Gasteiger partial charge in [-0.2, -0.15) is 0 Å². The lowest BCUT2D eigenvalue weighted by atomic mass is 10.1. The molecule has 0 aliphatic rings. The van der Waals surface area contributed by atoms with Crippen molar-refractivity contribution in [2.24, 2.45) is 0 Å². The van der Waals surface area contributed by atoms with E-state index in [4.69, 9.17) is 9.47 Å². The van der Waals surface area contributed by atoms with Gasteiger partial charge in [0.05, 0.1) is 11.1 Å². The molecule has 0 aliphatic carbocycles. The van der Waals surface area contributed by atoms with Crippen LogP contribution in [0.3, 0.4) is 0 Å². The molecule has 0 bridgehead atoms. The van der Waals surface area contributed by atoms with E-state index in [0.717, 1.165) is 0 Å². The summed E-state index contributed by atoms with van der Waals surface area (Å²) in [5, 5.41) is 0. The molecule has 4 nitrogen and oxygen atoms in total. The van der Waals surface area contributed by atoms with Crippen LogP contribution in [0.2, 0.25) is 0 Å². The van der Waals surface area contributed by atoms with E-state index in [2.05, 4.69) is 11.8 Å². The fraction of sp³-hybridized carbons (Fsp3) is 0.273. The van der Waals surface area contributed by atoms with Crippen LogP contribution in [0.15, 0.2) is 60.7 Å². The number of ether oxygens (including phenoxy) is 2. The van der Waals surface area contributed by atoms with Gasteiger partial charge in [0.25, 0.3) is 0 Å². The fourth-order valence-electron chi connectivity index (χ4n) is 2.08. The maximum atomic E-state index is 12.2. The molecule has 0 fully saturated rings. The molecule has 26 heavy (non-hydrogen) atoms. The van der Waals surface area contributed by atoms with Crippen molar-refractivity contribution in [3.05, 3.63) is 71.8 Å². The minimum absolute atomic E-state index is 0.455. The number of hydrogen-bond donors (Lipinski definition) is 0. The second-order valence-corrected chi connectivity index (χ2v) is 6.78. The third-order valence-corrected chi connectivity index (χ3v) is 3.38. The van der Waals surface area contributed by atoms with Gasteiger partial charge >= 0.3 is 11.9 Å². The molecular formula is C22H22O4. The predicted octanol–water partition coefficient (Wildman–Crippen LogP) is 4.26. The third kappa shape index (κ3) is 5.78. The van der Waals surface area contributed by atoms with Crippen molar-refractivity contribution < 1.29 is 19.1 Å². The molecule has 2 aromatic carbocycles. The van der Waals surface area contributed by atoms with E-state index in [-0.39, 0.29) is 0 Å². The van der Waals surface area contributed by atoms with Crippen LogP contribution in [0.25, 0.3) is 0 Å². The molecule has 0 unspecified atom stereocenters. The molecule has 0 amide bonds. The van der Waals surface area contributed by atoms with Gasteiger partial charge in [0, 0.05) is 0 Å². The molecule has 0 saturated heterocycles. The van der Waals surface area contributed by atoms with Crippen molar-refractivity contribution in [2.75, 3.05) is 0 Å². The Morgan fingerprint density at radius 2 is 0.962 bits per heavy atom. The third-order valence-electron chi connectivity index (χ3n) is 3.38. The molecule has 0 N–H and O–H groups in total. The Labute approximate surface area is 154 Å². The summed E-state index contributed by atoms with van der Waals surface area (Å²) in [5.74, 6) is 4.86. The van der Waals surface area contributed by atoms with Crippen LogP contribution in [-0.4, -0.2) is 23.1 Å². The quantitative estimate of drug-likeness (QED) is 0.611. The maximum Gasteiger partial charge on any atom is 0.339 e. The van der Waals surface area contributed by atoms with Gasteiger partial charge in [-0.15, -0.1) is 0 Å². The van der Waals surface area contributed by atoms with Gasteiger partial charge in [0.15, 0.2) is 11.2 Å². The first-order valence-corrected chi connectivity index (χ1v) is 8.30. The van der Waals surface area contributed by atoms with E-state index in [1.54, 1.807) is 76.2 Å². The van der Waals surface area contributed by atoms with Gasteiger partial charge in [-0.25, -0.2) is 9.59 Å². The molecule has 0 aromatic heterocycles. The number of esters is 2. The second-order valence-electron chi connectivity index (χ2n) is 6.78. The smallest absolute Gasteiger partial charge is 0.339 e. The summed E-state index contributed by atoms with van der Waals surface area (Å²) in [7, 11) is 0. The molecule has 2 rings (SSSR count). The van der Waals surface area contributed by atoms with E-state index in [1.807, 2.05) is 12.1 Å². The number of hydrogen-bond acceptors (Lipinski definition) is 4. The zero-order valence-electron chi connectivity index (χ0n) is 15.4. The van der Waals surface area contributed by atoms with Crippen LogP contribution in [0.1, 0.15) is 48.4 Å². The van der Waals surface area contributed by atoms with Gasteiger partial charge < -0.3 is 9.47 Å². The molecule has 0 heterocycles. The number of rotatable bonds is 4. The predicted molar refractivity (Wildman–Crippen MR) is 99.6 cm³/mol. The summed E-state index contributed by atoms with van der Waals surface area (Å²) in [4.78, 5) is 24.3. The summed E-state index contributed by atoms with van der Waals surface area (Å²) in [6.07, 6.45) is 0. The van der Waals surface area contributed by atoms with Crippen LogP contribution in [0.4, 0.5) is 0 Å². The molecular weight excluding hydrogens is 328 g/mol. The SMILES string of the molecule is CC(C)(C#CC(C)(C)OC(=O)c1ccccc1)OC(=O)c1ccccc1. The molecule has 0 aliphatic heterocycles. The summed E-state index contributed by atoms with van der Waals surface area (Å²) >= 11 is 0. The van der Waals surface area contributed by atoms with Crippen molar-refractivity contribution in [1.82, 2.24) is 0 Å². The normalized spacial score (nSPS) is 11.1. The lowest BCUT2D eigenvalue weighted by Crippen LogP contribution is -2.30. The molecule has 2 aromatic rings. The molecule has 0 spiro atoms. The fourth-order valence-corrected chi connectivity index (χ4v) is 2.08. The molecule has 134 valence electrons.